The Morgan fingerprint density at radius 2 is 1.83 bits per heavy atom. The summed E-state index contributed by atoms with van der Waals surface area (Å²) in [5.41, 5.74) is -0.800. The number of nitrogens with zero attached hydrogens (tertiary/aromatic N) is 2. The van der Waals surface area contributed by atoms with Gasteiger partial charge in [0.15, 0.2) is 0 Å². The summed E-state index contributed by atoms with van der Waals surface area (Å²) in [6.45, 7) is 2.69. The largest absolute Gasteiger partial charge is 0.418 e. The molecule has 1 aromatic heterocycles. The number of para-hydroxylation sites is 1. The van der Waals surface area contributed by atoms with E-state index in [-0.39, 0.29) is 11.5 Å². The molecule has 5 nitrogen and oxygen atoms in total. The van der Waals surface area contributed by atoms with Gasteiger partial charge < -0.3 is 15.4 Å². The molecular formula is C15H17F3N4O. The van der Waals surface area contributed by atoms with Crippen LogP contribution in [0.1, 0.15) is 11.4 Å². The molecular weight excluding hydrogens is 309 g/mol. The summed E-state index contributed by atoms with van der Waals surface area (Å²) >= 11 is 0. The highest BCUT2D eigenvalue weighted by atomic mass is 19.4. The fourth-order valence-corrected chi connectivity index (χ4v) is 1.98. The first kappa shape index (κ1) is 17.0. The number of methoxy groups -OCH3 is 1. The third kappa shape index (κ3) is 4.82. The number of nitrogens with one attached hydrogen (secondary N) is 2. The number of rotatable bonds is 6. The first-order chi connectivity index (χ1) is 10.9. The molecule has 0 saturated heterocycles. The molecule has 0 amide bonds. The second-order valence-electron chi connectivity index (χ2n) is 4.77. The molecule has 0 aliphatic heterocycles. The van der Waals surface area contributed by atoms with Crippen molar-refractivity contribution in [3.8, 4) is 0 Å². The van der Waals surface area contributed by atoms with Gasteiger partial charge in [-0.3, -0.25) is 0 Å². The van der Waals surface area contributed by atoms with Crippen LogP contribution in [-0.4, -0.2) is 30.2 Å². The lowest BCUT2D eigenvalue weighted by molar-refractivity contribution is -0.136. The van der Waals surface area contributed by atoms with Gasteiger partial charge in [-0.05, 0) is 19.1 Å². The molecule has 0 fully saturated rings. The van der Waals surface area contributed by atoms with E-state index in [1.54, 1.807) is 20.1 Å². The van der Waals surface area contributed by atoms with Crippen LogP contribution in [0.25, 0.3) is 0 Å². The number of anilines is 3. The van der Waals surface area contributed by atoms with E-state index in [1.807, 2.05) is 0 Å². The second-order valence-corrected chi connectivity index (χ2v) is 4.77. The van der Waals surface area contributed by atoms with Gasteiger partial charge in [-0.15, -0.1) is 0 Å². The van der Waals surface area contributed by atoms with Crippen LogP contribution >= 0.6 is 0 Å². The van der Waals surface area contributed by atoms with Crippen molar-refractivity contribution in [1.29, 1.82) is 0 Å². The summed E-state index contributed by atoms with van der Waals surface area (Å²) in [6, 6.07) is 6.81. The SMILES string of the molecule is COCCNc1cc(Nc2ccccc2C(F)(F)F)nc(C)n1. The Labute approximate surface area is 131 Å². The lowest BCUT2D eigenvalue weighted by atomic mass is 10.1. The van der Waals surface area contributed by atoms with Crippen LogP contribution in [0, 0.1) is 6.92 Å². The van der Waals surface area contributed by atoms with Crippen LogP contribution in [0.4, 0.5) is 30.5 Å². The number of aryl methyl sites for hydroxylation is 1. The highest BCUT2D eigenvalue weighted by Crippen LogP contribution is 2.35. The second kappa shape index (κ2) is 7.28. The molecule has 0 spiro atoms. The van der Waals surface area contributed by atoms with E-state index in [4.69, 9.17) is 4.74 Å². The lowest BCUT2D eigenvalue weighted by Crippen LogP contribution is -2.11. The highest BCUT2D eigenvalue weighted by Gasteiger charge is 2.33. The van der Waals surface area contributed by atoms with E-state index in [2.05, 4.69) is 20.6 Å². The van der Waals surface area contributed by atoms with Crippen LogP contribution in [0.15, 0.2) is 30.3 Å². The molecule has 0 aliphatic carbocycles. The van der Waals surface area contributed by atoms with E-state index in [0.29, 0.717) is 24.8 Å². The van der Waals surface area contributed by atoms with Crippen molar-refractivity contribution in [3.05, 3.63) is 41.7 Å². The van der Waals surface area contributed by atoms with Crippen molar-refractivity contribution in [3.63, 3.8) is 0 Å². The van der Waals surface area contributed by atoms with Crippen molar-refractivity contribution < 1.29 is 17.9 Å². The van der Waals surface area contributed by atoms with Gasteiger partial charge in [0, 0.05) is 19.7 Å². The average Bonchev–Trinajstić information content (AvgIpc) is 2.46. The van der Waals surface area contributed by atoms with Crippen molar-refractivity contribution in [2.24, 2.45) is 0 Å². The Kier molecular flexibility index (Phi) is 5.38. The molecule has 1 aromatic carbocycles. The van der Waals surface area contributed by atoms with Crippen molar-refractivity contribution in [2.45, 2.75) is 13.1 Å². The third-order valence-corrected chi connectivity index (χ3v) is 2.95. The number of aromatic nitrogens is 2. The van der Waals surface area contributed by atoms with Gasteiger partial charge in [0.2, 0.25) is 0 Å². The number of hydrogen-bond donors (Lipinski definition) is 2. The maximum absolute atomic E-state index is 13.0. The van der Waals surface area contributed by atoms with Crippen molar-refractivity contribution in [2.75, 3.05) is 30.9 Å². The predicted octanol–water partition coefficient (Wildman–Crippen LogP) is 3.61. The van der Waals surface area contributed by atoms with Gasteiger partial charge in [-0.25, -0.2) is 9.97 Å². The molecule has 0 saturated carbocycles. The third-order valence-electron chi connectivity index (χ3n) is 2.95. The number of ether oxygens (including phenoxy) is 1. The molecule has 2 N–H and O–H groups in total. The van der Waals surface area contributed by atoms with Gasteiger partial charge in [-0.2, -0.15) is 13.2 Å². The standard InChI is InChI=1S/C15H17F3N4O/c1-10-20-13(19-7-8-23-2)9-14(21-10)22-12-6-4-3-5-11(12)15(16,17)18/h3-6,9H,7-8H2,1-2H3,(H2,19,20,21,22). The molecule has 1 heterocycles. The van der Waals surface area contributed by atoms with Crippen molar-refractivity contribution in [1.82, 2.24) is 9.97 Å². The molecule has 0 aliphatic rings. The smallest absolute Gasteiger partial charge is 0.383 e. The minimum atomic E-state index is -4.44. The summed E-state index contributed by atoms with van der Waals surface area (Å²) < 4.78 is 44.0. The average molecular weight is 326 g/mol. The molecule has 2 rings (SSSR count). The zero-order valence-electron chi connectivity index (χ0n) is 12.7. The molecule has 0 radical (unpaired) electrons. The summed E-state index contributed by atoms with van der Waals surface area (Å²) in [4.78, 5) is 8.30. The Hall–Kier alpha value is -2.35. The van der Waals surface area contributed by atoms with Gasteiger partial charge in [0.25, 0.3) is 0 Å². The number of benzene rings is 1. The molecule has 8 heteroatoms. The van der Waals surface area contributed by atoms with Gasteiger partial charge >= 0.3 is 6.18 Å². The monoisotopic (exact) mass is 326 g/mol. The number of halogens is 3. The van der Waals surface area contributed by atoms with Crippen LogP contribution in [0.5, 0.6) is 0 Å². The minimum absolute atomic E-state index is 0.0547. The summed E-state index contributed by atoms with van der Waals surface area (Å²) in [5.74, 6) is 1.25. The molecule has 23 heavy (non-hydrogen) atoms. The number of hydrogen-bond acceptors (Lipinski definition) is 5. The zero-order valence-corrected chi connectivity index (χ0v) is 12.7. The molecule has 0 bridgehead atoms. The van der Waals surface area contributed by atoms with Crippen molar-refractivity contribution >= 4 is 17.3 Å². The Bertz CT molecular complexity index is 661. The molecule has 0 unspecified atom stereocenters. The Morgan fingerprint density at radius 3 is 2.52 bits per heavy atom. The van der Waals surface area contributed by atoms with Gasteiger partial charge in [0.1, 0.15) is 17.5 Å². The molecule has 0 atom stereocenters. The molecule has 124 valence electrons. The van der Waals surface area contributed by atoms with E-state index >= 15 is 0 Å². The van der Waals surface area contributed by atoms with Crippen LogP contribution < -0.4 is 10.6 Å². The maximum Gasteiger partial charge on any atom is 0.418 e. The highest BCUT2D eigenvalue weighted by molar-refractivity contribution is 5.63. The Balaban J connectivity index is 2.24. The quantitative estimate of drug-likeness (QED) is 0.794. The first-order valence-electron chi connectivity index (χ1n) is 6.92. The maximum atomic E-state index is 13.0. The van der Waals surface area contributed by atoms with E-state index in [9.17, 15) is 13.2 Å². The predicted molar refractivity (Wildman–Crippen MR) is 81.9 cm³/mol. The minimum Gasteiger partial charge on any atom is -0.383 e. The zero-order chi connectivity index (χ0) is 16.9. The van der Waals surface area contributed by atoms with Crippen LogP contribution in [0.3, 0.4) is 0 Å². The van der Waals surface area contributed by atoms with Gasteiger partial charge in [-0.1, -0.05) is 12.1 Å². The lowest BCUT2D eigenvalue weighted by Gasteiger charge is -2.15. The summed E-state index contributed by atoms with van der Waals surface area (Å²) in [5, 5.41) is 5.73. The first-order valence-corrected chi connectivity index (χ1v) is 6.92. The fraction of sp³-hybridized carbons (Fsp3) is 0.333. The van der Waals surface area contributed by atoms with E-state index in [0.717, 1.165) is 6.07 Å². The molecule has 2 aromatic rings. The number of alkyl halides is 3. The van der Waals surface area contributed by atoms with Crippen LogP contribution in [0.2, 0.25) is 0 Å². The van der Waals surface area contributed by atoms with E-state index < -0.39 is 11.7 Å². The normalized spacial score (nSPS) is 11.3. The fourth-order valence-electron chi connectivity index (χ4n) is 1.98. The Morgan fingerprint density at radius 1 is 1.13 bits per heavy atom. The summed E-state index contributed by atoms with van der Waals surface area (Å²) in [7, 11) is 1.58. The van der Waals surface area contributed by atoms with Crippen LogP contribution in [-0.2, 0) is 10.9 Å². The van der Waals surface area contributed by atoms with E-state index in [1.165, 1.54) is 18.2 Å². The van der Waals surface area contributed by atoms with Gasteiger partial charge in [0.05, 0.1) is 17.9 Å². The topological polar surface area (TPSA) is 59.1 Å². The summed E-state index contributed by atoms with van der Waals surface area (Å²) in [6.07, 6.45) is -4.44.